The van der Waals surface area contributed by atoms with Gasteiger partial charge < -0.3 is 19.6 Å². The topological polar surface area (TPSA) is 118 Å². The fourth-order valence-electron chi connectivity index (χ4n) is 7.06. The van der Waals surface area contributed by atoms with Gasteiger partial charge in [-0.25, -0.2) is 4.68 Å². The van der Waals surface area contributed by atoms with Crippen molar-refractivity contribution in [2.75, 3.05) is 19.8 Å². The zero-order valence-corrected chi connectivity index (χ0v) is 27.1. The molecule has 3 fully saturated rings. The molecule has 2 bridgehead atoms. The van der Waals surface area contributed by atoms with Crippen molar-refractivity contribution in [3.63, 3.8) is 0 Å². The Hall–Kier alpha value is -2.70. The predicted octanol–water partition coefficient (Wildman–Crippen LogP) is 3.78. The third-order valence-corrected chi connectivity index (χ3v) is 12.0. The smallest absolute Gasteiger partial charge is 0.310 e. The van der Waals surface area contributed by atoms with Crippen LogP contribution in [0.2, 0.25) is 0 Å². The van der Waals surface area contributed by atoms with Gasteiger partial charge in [0.2, 0.25) is 11.8 Å². The second kappa shape index (κ2) is 13.1. The molecule has 3 saturated heterocycles. The van der Waals surface area contributed by atoms with Gasteiger partial charge in [-0.2, -0.15) is 0 Å². The molecule has 3 unspecified atom stereocenters. The lowest BCUT2D eigenvalue weighted by atomic mass is 9.71. The number of amides is 2. The molecule has 0 radical (unpaired) electrons. The molecule has 1 spiro atoms. The van der Waals surface area contributed by atoms with Crippen LogP contribution in [0.25, 0.3) is 11.0 Å². The number of benzene rings is 1. The Morgan fingerprint density at radius 1 is 1.30 bits per heavy atom. The number of halogens is 1. The van der Waals surface area contributed by atoms with E-state index in [1.165, 1.54) is 0 Å². The van der Waals surface area contributed by atoms with Crippen LogP contribution < -0.4 is 0 Å². The number of thioether (sulfide) groups is 1. The number of aliphatic hydroxyl groups is 1. The molecule has 2 amide bonds. The van der Waals surface area contributed by atoms with Gasteiger partial charge in [0.25, 0.3) is 0 Å². The van der Waals surface area contributed by atoms with Crippen molar-refractivity contribution >= 4 is 56.5 Å². The van der Waals surface area contributed by atoms with Gasteiger partial charge in [-0.1, -0.05) is 59.3 Å². The summed E-state index contributed by atoms with van der Waals surface area (Å²) in [5.74, 6) is -2.17. The summed E-state index contributed by atoms with van der Waals surface area (Å²) in [4.78, 5) is 46.0. The van der Waals surface area contributed by atoms with Crippen molar-refractivity contribution < 1.29 is 24.2 Å². The predicted molar refractivity (Wildman–Crippen MR) is 169 cm³/mol. The minimum atomic E-state index is -0.885. The molecule has 7 atom stereocenters. The van der Waals surface area contributed by atoms with E-state index in [2.05, 4.69) is 39.4 Å². The molecule has 4 heterocycles. The molecule has 43 heavy (non-hydrogen) atoms. The van der Waals surface area contributed by atoms with E-state index in [4.69, 9.17) is 4.74 Å². The lowest BCUT2D eigenvalue weighted by Crippen LogP contribution is -2.58. The maximum Gasteiger partial charge on any atom is 0.310 e. The van der Waals surface area contributed by atoms with Crippen molar-refractivity contribution in [1.82, 2.24) is 24.8 Å². The Kier molecular flexibility index (Phi) is 9.67. The molecule has 3 aliphatic rings. The summed E-state index contributed by atoms with van der Waals surface area (Å²) in [6.07, 6.45) is 5.87. The summed E-state index contributed by atoms with van der Waals surface area (Å²) < 4.78 is 6.51. The monoisotopic (exact) mass is 673 g/mol. The van der Waals surface area contributed by atoms with E-state index in [9.17, 15) is 19.5 Å². The molecule has 5 rings (SSSR count). The number of esters is 1. The normalized spacial score (nSPS) is 28.3. The molecule has 1 N–H and O–H groups in total. The van der Waals surface area contributed by atoms with Crippen LogP contribution in [0.3, 0.4) is 0 Å². The molecule has 1 aromatic heterocycles. The molecule has 12 heteroatoms. The first-order valence-electron chi connectivity index (χ1n) is 14.9. The first-order chi connectivity index (χ1) is 20.7. The number of carbonyl (C=O) groups is 3. The fourth-order valence-corrected chi connectivity index (χ4v) is 10.6. The van der Waals surface area contributed by atoms with Crippen LogP contribution in [0.5, 0.6) is 0 Å². The molecule has 232 valence electrons. The van der Waals surface area contributed by atoms with Crippen molar-refractivity contribution in [1.29, 1.82) is 0 Å². The first kappa shape index (κ1) is 31.7. The Balaban J connectivity index is 1.54. The standard InChI is InChI=1S/C31H40BrN5O5S/c1-5-7-10-14-42-30(41)24-25-28(39)37(20(17-38)15-19(3)4)27(31(25)16-21(32)26(24)43-31)29(40)35(13-6-2)18-36-23-12-9-8-11-22(23)33-34-36/h5-6,8-9,11-12,19-21,24-27,38H,1-2,7,10,13-18H2,3-4H3/t20-,21?,24-,25+,26-,27?,31?/m1/s1. The third kappa shape index (κ3) is 5.66. The summed E-state index contributed by atoms with van der Waals surface area (Å²) >= 11 is 5.36. The molecule has 10 nitrogen and oxygen atoms in total. The molecule has 1 aromatic carbocycles. The molecule has 0 aliphatic carbocycles. The quantitative estimate of drug-likeness (QED) is 0.139. The van der Waals surface area contributed by atoms with Crippen molar-refractivity contribution in [2.24, 2.45) is 17.8 Å². The van der Waals surface area contributed by atoms with Gasteiger partial charge in [-0.05, 0) is 43.7 Å². The summed E-state index contributed by atoms with van der Waals surface area (Å²) in [6.45, 7) is 12.0. The van der Waals surface area contributed by atoms with Gasteiger partial charge in [-0.3, -0.25) is 14.4 Å². The molecule has 3 aliphatic heterocycles. The van der Waals surface area contributed by atoms with Crippen molar-refractivity contribution in [2.45, 2.75) is 73.1 Å². The molecular formula is C31H40BrN5O5S. The van der Waals surface area contributed by atoms with E-state index in [-0.39, 0.29) is 54.2 Å². The van der Waals surface area contributed by atoms with E-state index in [1.54, 1.807) is 38.4 Å². The Bertz CT molecular complexity index is 1390. The van der Waals surface area contributed by atoms with Crippen LogP contribution in [0, 0.1) is 17.8 Å². The minimum Gasteiger partial charge on any atom is -0.465 e. The average Bonchev–Trinajstić information content (AvgIpc) is 3.70. The first-order valence-corrected chi connectivity index (χ1v) is 16.7. The number of para-hydroxylation sites is 1. The van der Waals surface area contributed by atoms with Crippen LogP contribution >= 0.6 is 27.7 Å². The van der Waals surface area contributed by atoms with E-state index in [0.717, 1.165) is 11.9 Å². The number of rotatable bonds is 14. The second-order valence-electron chi connectivity index (χ2n) is 12.0. The molecule has 2 aromatic rings. The summed E-state index contributed by atoms with van der Waals surface area (Å²) in [5, 5.41) is 18.9. The number of aromatic nitrogens is 3. The number of alkyl halides is 1. The summed E-state index contributed by atoms with van der Waals surface area (Å²) in [5.41, 5.74) is 1.49. The minimum absolute atomic E-state index is 0.0766. The second-order valence-corrected chi connectivity index (χ2v) is 14.8. The highest BCUT2D eigenvalue weighted by molar-refractivity contribution is 9.09. The number of ether oxygens (including phenoxy) is 1. The number of carbonyl (C=O) groups excluding carboxylic acids is 3. The Morgan fingerprint density at radius 3 is 2.77 bits per heavy atom. The van der Waals surface area contributed by atoms with Crippen LogP contribution in [0.15, 0.2) is 49.6 Å². The number of aliphatic hydroxyl groups excluding tert-OH is 1. The zero-order chi connectivity index (χ0) is 30.9. The van der Waals surface area contributed by atoms with E-state index >= 15 is 0 Å². The van der Waals surface area contributed by atoms with Crippen LogP contribution in [-0.2, 0) is 25.8 Å². The highest BCUT2D eigenvalue weighted by Crippen LogP contribution is 2.68. The average molecular weight is 675 g/mol. The van der Waals surface area contributed by atoms with Gasteiger partial charge in [-0.15, -0.1) is 30.0 Å². The highest BCUT2D eigenvalue weighted by atomic mass is 79.9. The Morgan fingerprint density at radius 2 is 2.07 bits per heavy atom. The number of fused-ring (bicyclic) bond motifs is 2. The van der Waals surface area contributed by atoms with Gasteiger partial charge in [0.15, 0.2) is 0 Å². The number of likely N-dealkylation sites (tertiary alicyclic amines) is 1. The third-order valence-electron chi connectivity index (χ3n) is 8.76. The zero-order valence-electron chi connectivity index (χ0n) is 24.7. The number of unbranched alkanes of at least 4 members (excludes halogenated alkanes) is 1. The molecular weight excluding hydrogens is 634 g/mol. The van der Waals surface area contributed by atoms with Crippen LogP contribution in [-0.4, -0.2) is 94.4 Å². The van der Waals surface area contributed by atoms with Gasteiger partial charge in [0, 0.05) is 16.6 Å². The lowest BCUT2D eigenvalue weighted by molar-refractivity contribution is -0.154. The van der Waals surface area contributed by atoms with Gasteiger partial charge in [0.05, 0.1) is 41.4 Å². The van der Waals surface area contributed by atoms with Gasteiger partial charge >= 0.3 is 5.97 Å². The number of nitrogens with zero attached hydrogens (tertiary/aromatic N) is 5. The fraction of sp³-hybridized carbons (Fsp3) is 0.581. The largest absolute Gasteiger partial charge is 0.465 e. The van der Waals surface area contributed by atoms with E-state index < -0.39 is 34.6 Å². The Labute approximate surface area is 265 Å². The van der Waals surface area contributed by atoms with Crippen LogP contribution in [0.4, 0.5) is 0 Å². The maximum absolute atomic E-state index is 14.8. The van der Waals surface area contributed by atoms with Crippen molar-refractivity contribution in [3.8, 4) is 0 Å². The lowest BCUT2D eigenvalue weighted by Gasteiger charge is -2.40. The maximum atomic E-state index is 14.8. The van der Waals surface area contributed by atoms with Crippen LogP contribution in [0.1, 0.15) is 39.5 Å². The number of allylic oxidation sites excluding steroid dienone is 1. The van der Waals surface area contributed by atoms with Gasteiger partial charge in [0.1, 0.15) is 18.2 Å². The number of hydrogen-bond acceptors (Lipinski definition) is 8. The summed E-state index contributed by atoms with van der Waals surface area (Å²) in [6, 6.07) is 6.07. The SMILES string of the molecule is C=CCCCOC(=O)[C@H]1[C@@H]2SC3(CC2Br)C(C(=O)N(CC=C)Cn2nnc4ccccc42)N([C@@H](CO)CC(C)C)C(=O)[C@H]13. The summed E-state index contributed by atoms with van der Waals surface area (Å²) in [7, 11) is 0. The molecule has 0 saturated carbocycles. The van der Waals surface area contributed by atoms with E-state index in [1.807, 2.05) is 38.1 Å². The van der Waals surface area contributed by atoms with Crippen molar-refractivity contribution in [3.05, 3.63) is 49.6 Å². The number of hydrogen-bond donors (Lipinski definition) is 1. The highest BCUT2D eigenvalue weighted by Gasteiger charge is 2.76. The van der Waals surface area contributed by atoms with E-state index in [0.29, 0.717) is 24.8 Å².